The van der Waals surface area contributed by atoms with Crippen molar-refractivity contribution in [3.05, 3.63) is 59.2 Å². The lowest BCUT2D eigenvalue weighted by Crippen LogP contribution is -2.14. The maximum atomic E-state index is 13.1. The number of carboxylic acid groups (broad SMARTS) is 1. The highest BCUT2D eigenvalue weighted by Crippen LogP contribution is 2.41. The molecular weight excluding hydrogens is 338 g/mol. The summed E-state index contributed by atoms with van der Waals surface area (Å²) in [5.74, 6) is -1.57. The number of alkyl halides is 6. The highest BCUT2D eigenvalue weighted by molar-refractivity contribution is 5.79. The molecule has 0 aliphatic rings. The smallest absolute Gasteiger partial charge is 0.417 e. The van der Waals surface area contributed by atoms with Gasteiger partial charge >= 0.3 is 18.3 Å². The first-order valence-electron chi connectivity index (χ1n) is 6.59. The van der Waals surface area contributed by atoms with Crippen LogP contribution in [0.15, 0.2) is 42.5 Å². The molecule has 0 unspecified atom stereocenters. The normalized spacial score (nSPS) is 12.2. The molecule has 0 saturated carbocycles. The van der Waals surface area contributed by atoms with Gasteiger partial charge in [0.15, 0.2) is 0 Å². The molecule has 0 fully saturated rings. The maximum Gasteiger partial charge on any atom is 0.417 e. The Morgan fingerprint density at radius 1 is 0.792 bits per heavy atom. The van der Waals surface area contributed by atoms with Crippen LogP contribution in [0.2, 0.25) is 0 Å². The van der Waals surface area contributed by atoms with Crippen molar-refractivity contribution in [3.63, 3.8) is 0 Å². The van der Waals surface area contributed by atoms with Crippen LogP contribution in [0.3, 0.4) is 0 Å². The topological polar surface area (TPSA) is 37.3 Å². The first-order chi connectivity index (χ1) is 11.0. The molecule has 8 heteroatoms. The average Bonchev–Trinajstić information content (AvgIpc) is 2.45. The Morgan fingerprint density at radius 2 is 1.29 bits per heavy atom. The molecule has 2 rings (SSSR count). The highest BCUT2D eigenvalue weighted by Gasteiger charge is 2.37. The van der Waals surface area contributed by atoms with Crippen LogP contribution in [-0.2, 0) is 23.6 Å². The van der Waals surface area contributed by atoms with Gasteiger partial charge in [0.25, 0.3) is 0 Å². The lowest BCUT2D eigenvalue weighted by Gasteiger charge is -2.19. The Morgan fingerprint density at radius 3 is 1.83 bits per heavy atom. The van der Waals surface area contributed by atoms with E-state index in [0.717, 1.165) is 30.3 Å². The van der Waals surface area contributed by atoms with E-state index in [4.69, 9.17) is 5.11 Å². The third-order valence-corrected chi connectivity index (χ3v) is 3.33. The molecule has 0 spiro atoms. The van der Waals surface area contributed by atoms with Gasteiger partial charge in [0, 0.05) is 0 Å². The van der Waals surface area contributed by atoms with Crippen LogP contribution in [0.25, 0.3) is 11.1 Å². The van der Waals surface area contributed by atoms with Crippen LogP contribution in [-0.4, -0.2) is 11.1 Å². The van der Waals surface area contributed by atoms with Crippen LogP contribution in [0, 0.1) is 0 Å². The van der Waals surface area contributed by atoms with Crippen LogP contribution in [0.5, 0.6) is 0 Å². The SMILES string of the molecule is O=C(O)Cc1c(-c2ccccc2C(F)(F)F)cccc1C(F)(F)F. The van der Waals surface area contributed by atoms with Crippen LogP contribution in [0.1, 0.15) is 16.7 Å². The van der Waals surface area contributed by atoms with E-state index in [2.05, 4.69) is 0 Å². The van der Waals surface area contributed by atoms with E-state index in [1.54, 1.807) is 0 Å². The molecule has 0 aliphatic carbocycles. The standard InChI is InChI=1S/C16H10F6O2/c17-15(18,19)12-6-2-1-4-10(12)9-5-3-7-13(16(20,21)22)11(9)8-14(23)24/h1-7H,8H2,(H,23,24). The van der Waals surface area contributed by atoms with E-state index in [1.165, 1.54) is 6.07 Å². The van der Waals surface area contributed by atoms with E-state index in [1.807, 2.05) is 0 Å². The molecule has 1 N–H and O–H groups in total. The molecule has 0 bridgehead atoms. The molecule has 0 amide bonds. The second kappa shape index (κ2) is 6.18. The Hall–Kier alpha value is -2.51. The lowest BCUT2D eigenvalue weighted by molar-refractivity contribution is -0.139. The fourth-order valence-electron chi connectivity index (χ4n) is 2.41. The third-order valence-electron chi connectivity index (χ3n) is 3.33. The van der Waals surface area contributed by atoms with Gasteiger partial charge in [0.2, 0.25) is 0 Å². The molecule has 0 aromatic heterocycles. The van der Waals surface area contributed by atoms with Crippen molar-refractivity contribution < 1.29 is 36.2 Å². The summed E-state index contributed by atoms with van der Waals surface area (Å²) in [5.41, 5.74) is -3.99. The zero-order chi connectivity index (χ0) is 18.1. The van der Waals surface area contributed by atoms with Crippen molar-refractivity contribution >= 4 is 5.97 Å². The fraction of sp³-hybridized carbons (Fsp3) is 0.188. The van der Waals surface area contributed by atoms with E-state index in [9.17, 15) is 31.1 Å². The summed E-state index contributed by atoms with van der Waals surface area (Å²) in [4.78, 5) is 10.9. The van der Waals surface area contributed by atoms with Gasteiger partial charge in [-0.2, -0.15) is 26.3 Å². The largest absolute Gasteiger partial charge is 0.481 e. The summed E-state index contributed by atoms with van der Waals surface area (Å²) in [6.07, 6.45) is -10.7. The summed E-state index contributed by atoms with van der Waals surface area (Å²) >= 11 is 0. The molecule has 2 nitrogen and oxygen atoms in total. The van der Waals surface area contributed by atoms with Crippen LogP contribution in [0.4, 0.5) is 26.3 Å². The molecule has 24 heavy (non-hydrogen) atoms. The Kier molecular flexibility index (Phi) is 4.59. The Balaban J connectivity index is 2.79. The minimum absolute atomic E-state index is 0.403. The van der Waals surface area contributed by atoms with Gasteiger partial charge in [-0.25, -0.2) is 0 Å². The predicted octanol–water partition coefficient (Wildman–Crippen LogP) is 5.02. The lowest BCUT2D eigenvalue weighted by atomic mass is 9.90. The number of aliphatic carboxylic acids is 1. The molecule has 0 heterocycles. The number of rotatable bonds is 3. The first-order valence-corrected chi connectivity index (χ1v) is 6.59. The van der Waals surface area contributed by atoms with Crippen molar-refractivity contribution in [1.29, 1.82) is 0 Å². The first kappa shape index (κ1) is 17.8. The van der Waals surface area contributed by atoms with Crippen molar-refractivity contribution in [3.8, 4) is 11.1 Å². The van der Waals surface area contributed by atoms with Gasteiger partial charge in [-0.15, -0.1) is 0 Å². The van der Waals surface area contributed by atoms with Gasteiger partial charge in [0.05, 0.1) is 17.5 Å². The average molecular weight is 348 g/mol. The summed E-state index contributed by atoms with van der Waals surface area (Å²) < 4.78 is 78.7. The second-order valence-corrected chi connectivity index (χ2v) is 4.94. The van der Waals surface area contributed by atoms with E-state index in [0.29, 0.717) is 6.07 Å². The minimum Gasteiger partial charge on any atom is -0.481 e. The number of hydrogen-bond acceptors (Lipinski definition) is 1. The summed E-state index contributed by atoms with van der Waals surface area (Å²) in [7, 11) is 0. The number of carboxylic acids is 1. The van der Waals surface area contributed by atoms with Gasteiger partial charge in [0.1, 0.15) is 0 Å². The Bertz CT molecular complexity index is 762. The summed E-state index contributed by atoms with van der Waals surface area (Å²) in [6, 6.07) is 6.77. The summed E-state index contributed by atoms with van der Waals surface area (Å²) in [5, 5.41) is 8.87. The predicted molar refractivity (Wildman–Crippen MR) is 73.2 cm³/mol. The van der Waals surface area contributed by atoms with Crippen molar-refractivity contribution in [2.75, 3.05) is 0 Å². The van der Waals surface area contributed by atoms with Gasteiger partial charge < -0.3 is 5.11 Å². The van der Waals surface area contributed by atoms with Crippen molar-refractivity contribution in [2.24, 2.45) is 0 Å². The third kappa shape index (κ3) is 3.69. The molecule has 2 aromatic carbocycles. The van der Waals surface area contributed by atoms with Crippen LogP contribution >= 0.6 is 0 Å². The number of halogens is 6. The fourth-order valence-corrected chi connectivity index (χ4v) is 2.41. The second-order valence-electron chi connectivity index (χ2n) is 4.94. The molecule has 128 valence electrons. The van der Waals surface area contributed by atoms with Gasteiger partial charge in [-0.3, -0.25) is 4.79 Å². The number of benzene rings is 2. The number of carbonyl (C=O) groups is 1. The maximum absolute atomic E-state index is 13.1. The minimum atomic E-state index is -4.88. The quantitative estimate of drug-likeness (QED) is 0.791. The molecular formula is C16H10F6O2. The zero-order valence-electron chi connectivity index (χ0n) is 11.9. The molecule has 0 atom stereocenters. The van der Waals surface area contributed by atoms with E-state index < -0.39 is 52.6 Å². The Labute approximate surface area is 132 Å². The monoisotopic (exact) mass is 348 g/mol. The molecule has 2 aromatic rings. The van der Waals surface area contributed by atoms with Gasteiger partial charge in [-0.05, 0) is 28.8 Å². The summed E-state index contributed by atoms with van der Waals surface area (Å²) in [6.45, 7) is 0. The van der Waals surface area contributed by atoms with E-state index >= 15 is 0 Å². The molecule has 0 saturated heterocycles. The van der Waals surface area contributed by atoms with Gasteiger partial charge in [-0.1, -0.05) is 30.3 Å². The highest BCUT2D eigenvalue weighted by atomic mass is 19.4. The molecule has 0 radical (unpaired) electrons. The number of hydrogen-bond donors (Lipinski definition) is 1. The molecule has 0 aliphatic heterocycles. The van der Waals surface area contributed by atoms with Crippen molar-refractivity contribution in [2.45, 2.75) is 18.8 Å². The van der Waals surface area contributed by atoms with E-state index in [-0.39, 0.29) is 0 Å². The zero-order valence-corrected chi connectivity index (χ0v) is 11.9. The van der Waals surface area contributed by atoms with Crippen molar-refractivity contribution in [1.82, 2.24) is 0 Å². The van der Waals surface area contributed by atoms with Crippen LogP contribution < -0.4 is 0 Å².